The molecule has 3 aliphatic rings. The molecule has 0 spiro atoms. The molecule has 1 saturated heterocycles. The van der Waals surface area contributed by atoms with E-state index in [1.807, 2.05) is 122 Å². The number of thioether (sulfide) groups is 1. The van der Waals surface area contributed by atoms with Gasteiger partial charge in [-0.15, -0.1) is 54.4 Å². The molecule has 5 atom stereocenters. The van der Waals surface area contributed by atoms with Gasteiger partial charge in [-0.3, -0.25) is 43.1 Å². The number of aliphatic hydroxyl groups is 1. The van der Waals surface area contributed by atoms with Gasteiger partial charge in [-0.2, -0.15) is 11.8 Å². The number of hydrogen-bond acceptors (Lipinski definition) is 17. The van der Waals surface area contributed by atoms with Crippen molar-refractivity contribution in [2.24, 2.45) is 9.98 Å². The molecule has 0 bridgehead atoms. The third-order valence-corrected chi connectivity index (χ3v) is 24.4. The summed E-state index contributed by atoms with van der Waals surface area (Å²) in [6.07, 6.45) is 7.79. The molecule has 11 rings (SSSR count). The standard InChI is InChI=1S/C74H88Cl2N14O6S4/c1-42-45(4)99-72-62(42)64(50-25-29-53(75)30-26-50)81-56(68-86-84-47(6)89(68)72)37-60(93)77-33-17-13-11-10-12-16-20-59(92)83-67(71(96)88-40-55(91)36-58(88)70(95)79-39-49-21-23-52(24-22-49)66-44(3)80-41-97-66)74(8,9)98-35-19-15-14-18-34-78-61(94)38-57-69-87-85-48(7)90(69)73-63(43(2)46(5)100-73)65(82-57)51-27-31-54(76)32-28-51/h21-32,41,55-58,67,91H,10-20,33-40H2,1-9H3,(H,77,93)(H,78,94)(H,79,95)(H,83,92)/t55-,56+,57+,58+,67-/m1/s1. The van der Waals surface area contributed by atoms with Gasteiger partial charge >= 0.3 is 0 Å². The van der Waals surface area contributed by atoms with Crippen LogP contribution in [-0.4, -0.2) is 134 Å². The van der Waals surface area contributed by atoms with E-state index >= 15 is 4.79 Å². The predicted molar refractivity (Wildman–Crippen MR) is 401 cm³/mol. The maximum Gasteiger partial charge on any atom is 0.247 e. The molecule has 528 valence electrons. The number of nitrogens with zero attached hydrogens (tertiary/aromatic N) is 10. The molecule has 26 heteroatoms. The highest BCUT2D eigenvalue weighted by Gasteiger charge is 2.46. The minimum atomic E-state index is -0.999. The van der Waals surface area contributed by atoms with Crippen molar-refractivity contribution in [2.45, 2.75) is 194 Å². The van der Waals surface area contributed by atoms with Crippen molar-refractivity contribution in [1.29, 1.82) is 0 Å². The number of aryl methyl sites for hydroxylation is 5. The topological polar surface area (TPSA) is 256 Å². The van der Waals surface area contributed by atoms with E-state index in [1.54, 1.807) is 45.8 Å². The number of benzene rings is 3. The van der Waals surface area contributed by atoms with Crippen molar-refractivity contribution in [3.8, 4) is 20.4 Å². The highest BCUT2D eigenvalue weighted by molar-refractivity contribution is 8.00. The van der Waals surface area contributed by atoms with Gasteiger partial charge in [0.05, 0.1) is 46.5 Å². The van der Waals surface area contributed by atoms with Crippen LogP contribution in [0.3, 0.4) is 0 Å². The number of amides is 5. The third-order valence-electron chi connectivity index (χ3n) is 19.0. The molecule has 100 heavy (non-hydrogen) atoms. The number of fused-ring (bicyclic) bond motifs is 6. The number of rotatable bonds is 30. The molecule has 0 saturated carbocycles. The maximum absolute atomic E-state index is 15.0. The summed E-state index contributed by atoms with van der Waals surface area (Å²) in [4.78, 5) is 90.2. The van der Waals surface area contributed by atoms with E-state index in [1.165, 1.54) is 14.7 Å². The van der Waals surface area contributed by atoms with Gasteiger partial charge in [0.1, 0.15) is 45.8 Å². The number of carbonyl (C=O) groups excluding carboxylic acids is 5. The quantitative estimate of drug-likeness (QED) is 0.0264. The molecule has 5 amide bonds. The molecule has 0 aliphatic carbocycles. The van der Waals surface area contributed by atoms with E-state index in [9.17, 15) is 24.3 Å². The molecule has 3 aliphatic heterocycles. The Morgan fingerprint density at radius 3 is 1.62 bits per heavy atom. The van der Waals surface area contributed by atoms with E-state index in [4.69, 9.17) is 33.2 Å². The minimum Gasteiger partial charge on any atom is -0.391 e. The van der Waals surface area contributed by atoms with Gasteiger partial charge in [0.25, 0.3) is 0 Å². The smallest absolute Gasteiger partial charge is 0.247 e. The summed E-state index contributed by atoms with van der Waals surface area (Å²) < 4.78 is 3.28. The van der Waals surface area contributed by atoms with Crippen molar-refractivity contribution in [2.75, 3.05) is 25.4 Å². The van der Waals surface area contributed by atoms with Crippen LogP contribution in [0.2, 0.25) is 10.0 Å². The Labute approximate surface area is 611 Å². The molecular formula is C74H88Cl2N14O6S4. The Bertz CT molecular complexity index is 4330. The number of halogens is 2. The van der Waals surface area contributed by atoms with Gasteiger partial charge < -0.3 is 31.3 Å². The number of thiazole rings is 1. The first-order valence-corrected chi connectivity index (χ1v) is 38.8. The molecule has 20 nitrogen and oxygen atoms in total. The zero-order valence-electron chi connectivity index (χ0n) is 58.2. The van der Waals surface area contributed by atoms with Crippen LogP contribution < -0.4 is 21.3 Å². The first-order chi connectivity index (χ1) is 48.0. The fraction of sp³-hybridized carbons (Fsp3) is 0.459. The van der Waals surface area contributed by atoms with E-state index in [0.717, 1.165) is 146 Å². The number of aliphatic imine (C=N–C) groups is 2. The lowest BCUT2D eigenvalue weighted by Crippen LogP contribution is -2.59. The highest BCUT2D eigenvalue weighted by Crippen LogP contribution is 2.42. The summed E-state index contributed by atoms with van der Waals surface area (Å²) in [5.74, 6) is 2.11. The number of hydrogen-bond donors (Lipinski definition) is 5. The number of thiophene rings is 2. The largest absolute Gasteiger partial charge is 0.391 e. The Morgan fingerprint density at radius 2 is 1.11 bits per heavy atom. The van der Waals surface area contributed by atoms with Crippen molar-refractivity contribution in [1.82, 2.24) is 60.7 Å². The number of unbranched alkanes of at least 4 members (excludes halogenated alkanes) is 8. The fourth-order valence-corrected chi connectivity index (χ4v) is 17.9. The molecule has 5 aromatic heterocycles. The monoisotopic (exact) mass is 1470 g/mol. The first kappa shape index (κ1) is 73.8. The molecule has 0 unspecified atom stereocenters. The van der Waals surface area contributed by atoms with E-state index in [-0.39, 0.29) is 62.4 Å². The third kappa shape index (κ3) is 17.2. The Balaban J connectivity index is 0.656. The van der Waals surface area contributed by atoms with Crippen LogP contribution >= 0.6 is 69.0 Å². The van der Waals surface area contributed by atoms with Crippen molar-refractivity contribution in [3.05, 3.63) is 166 Å². The van der Waals surface area contributed by atoms with Crippen LogP contribution in [0.1, 0.15) is 194 Å². The SMILES string of the molecule is Cc1ncsc1-c1ccc(CNC(=O)[C@@H]2C[C@@H](O)CN2C(=O)[C@@H](NC(=O)CCCCCCCCNC(=O)C[C@@H]2N=C(c3ccc(Cl)cc3)c3c(sc(C)c3C)-n3c(C)nnc32)C(C)(C)SCCCCCCNC(=O)C[C@@H]2N=C(c3ccc(Cl)cc3)c3c(sc(C)c3C)-n3c(C)nnc32)cc1. The van der Waals surface area contributed by atoms with Gasteiger partial charge in [-0.25, -0.2) is 4.98 Å². The summed E-state index contributed by atoms with van der Waals surface area (Å²) in [5, 5.41) is 44.7. The lowest BCUT2D eigenvalue weighted by Gasteiger charge is -2.37. The number of likely N-dealkylation sites (tertiary alicyclic amines) is 1. The van der Waals surface area contributed by atoms with Gasteiger partial charge in [0.2, 0.25) is 29.5 Å². The summed E-state index contributed by atoms with van der Waals surface area (Å²) in [6.45, 7) is 19.3. The second kappa shape index (κ2) is 33.1. The second-order valence-corrected chi connectivity index (χ2v) is 32.6. The maximum atomic E-state index is 15.0. The summed E-state index contributed by atoms with van der Waals surface area (Å²) >= 11 is 19.1. The van der Waals surface area contributed by atoms with Crippen LogP contribution in [0.4, 0.5) is 0 Å². The molecule has 5 N–H and O–H groups in total. The van der Waals surface area contributed by atoms with Crippen LogP contribution in [-0.2, 0) is 30.5 Å². The first-order valence-electron chi connectivity index (χ1n) is 34.5. The zero-order valence-corrected chi connectivity index (χ0v) is 63.0. The van der Waals surface area contributed by atoms with Gasteiger partial charge in [0, 0.05) is 85.8 Å². The average molecular weight is 1470 g/mol. The number of carbonyl (C=O) groups is 5. The molecule has 8 heterocycles. The van der Waals surface area contributed by atoms with Gasteiger partial charge in [-0.05, 0) is 140 Å². The van der Waals surface area contributed by atoms with E-state index < -0.39 is 40.9 Å². The van der Waals surface area contributed by atoms with Crippen molar-refractivity contribution < 1.29 is 29.1 Å². The molecule has 0 radical (unpaired) electrons. The number of aromatic nitrogens is 7. The van der Waals surface area contributed by atoms with Crippen molar-refractivity contribution in [3.63, 3.8) is 0 Å². The van der Waals surface area contributed by atoms with Crippen LogP contribution in [0.25, 0.3) is 20.4 Å². The number of aliphatic hydroxyl groups excluding tert-OH is 1. The zero-order chi connectivity index (χ0) is 70.9. The average Bonchev–Trinajstić information content (AvgIpc) is 1.60. The summed E-state index contributed by atoms with van der Waals surface area (Å²) in [5.41, 5.74) is 12.4. The van der Waals surface area contributed by atoms with Crippen molar-refractivity contribution >= 4 is 110 Å². The Morgan fingerprint density at radius 1 is 0.620 bits per heavy atom. The van der Waals surface area contributed by atoms with Crippen LogP contribution in [0.15, 0.2) is 88.3 Å². The minimum absolute atomic E-state index is 0.0390. The number of β-amino-alcohol motifs (C(OH)–C–C–N with tert-alkyl or cyclic N) is 1. The number of nitrogens with one attached hydrogen (secondary N) is 4. The van der Waals surface area contributed by atoms with E-state index in [2.05, 4.69) is 74.3 Å². The molecule has 3 aromatic carbocycles. The van der Waals surface area contributed by atoms with Gasteiger partial charge in [-0.1, -0.05) is 110 Å². The highest BCUT2D eigenvalue weighted by atomic mass is 35.5. The summed E-state index contributed by atoms with van der Waals surface area (Å²) in [6, 6.07) is 20.1. The Hall–Kier alpha value is -7.45. The lowest BCUT2D eigenvalue weighted by molar-refractivity contribution is -0.142. The predicted octanol–water partition coefficient (Wildman–Crippen LogP) is 13.6. The van der Waals surface area contributed by atoms with E-state index in [0.29, 0.717) is 47.0 Å². The van der Waals surface area contributed by atoms with Crippen LogP contribution in [0, 0.1) is 48.5 Å². The molecule has 1 fully saturated rings. The van der Waals surface area contributed by atoms with Crippen LogP contribution in [0.5, 0.6) is 0 Å². The lowest BCUT2D eigenvalue weighted by atomic mass is 9.99. The summed E-state index contributed by atoms with van der Waals surface area (Å²) in [7, 11) is 0. The normalized spacial score (nSPS) is 16.7. The Kier molecular flexibility index (Phi) is 24.4. The molecule has 8 aromatic rings. The fourth-order valence-electron chi connectivity index (χ4n) is 13.2. The van der Waals surface area contributed by atoms with Gasteiger partial charge in [0.15, 0.2) is 11.6 Å². The molecular weight excluding hydrogens is 1380 g/mol. The second-order valence-electron chi connectivity index (χ2n) is 26.7.